The molecule has 0 spiro atoms. The molecule has 2 nitrogen and oxygen atoms in total. The van der Waals surface area contributed by atoms with Crippen molar-refractivity contribution >= 4 is 78.0 Å². The summed E-state index contributed by atoms with van der Waals surface area (Å²) < 4.78 is 1.36. The fourth-order valence-corrected chi connectivity index (χ4v) is 11.1. The number of rotatable bonds is 2. The molecule has 280 valence electrons. The van der Waals surface area contributed by atoms with Crippen LogP contribution in [0.4, 0.5) is 33.4 Å². The van der Waals surface area contributed by atoms with Crippen LogP contribution < -0.4 is 26.2 Å². The molecule has 3 heterocycles. The van der Waals surface area contributed by atoms with Crippen LogP contribution >= 0.6 is 11.3 Å². The van der Waals surface area contributed by atoms with Crippen molar-refractivity contribution in [2.45, 2.75) is 125 Å². The first-order valence-electron chi connectivity index (χ1n) is 20.4. The van der Waals surface area contributed by atoms with E-state index < -0.39 is 0 Å². The Kier molecular flexibility index (Phi) is 7.85. The number of nitrogens with zero attached hydrogens (tertiary/aromatic N) is 2. The van der Waals surface area contributed by atoms with Crippen molar-refractivity contribution < 1.29 is 0 Å². The van der Waals surface area contributed by atoms with Crippen molar-refractivity contribution in [1.29, 1.82) is 0 Å². The van der Waals surface area contributed by atoms with E-state index >= 15 is 0 Å². The Balaban J connectivity index is 1.41. The van der Waals surface area contributed by atoms with Crippen LogP contribution in [0.15, 0.2) is 84.9 Å². The van der Waals surface area contributed by atoms with Crippen molar-refractivity contribution in [1.82, 2.24) is 0 Å². The molecule has 5 aromatic carbocycles. The lowest BCUT2D eigenvalue weighted by molar-refractivity contribution is 0.332. The van der Waals surface area contributed by atoms with E-state index in [-0.39, 0.29) is 28.4 Å². The summed E-state index contributed by atoms with van der Waals surface area (Å²) in [5.74, 6) is 0. The molecule has 1 aliphatic carbocycles. The fourth-order valence-electron chi connectivity index (χ4n) is 9.83. The standard InChI is InChI=1S/C51H57BN2S/c1-30-14-21-44-36(24-30)45-47(55-44)54(40-20-17-34(27-32(40)3)49(7,8)9)43-26-31(2)25-42-46(43)52(45)39-28-37-38(51(12,13)23-22-50(37,10)11)29-41(39)53(42)35-18-15-33(16-19-35)48(4,5)6/h14-21,24-29H,22-23H2,1-13H3. The molecule has 0 saturated carbocycles. The van der Waals surface area contributed by atoms with Gasteiger partial charge in [-0.05, 0) is 153 Å². The Hall–Kier alpha value is -4.28. The van der Waals surface area contributed by atoms with E-state index in [1.165, 1.54) is 112 Å². The molecule has 55 heavy (non-hydrogen) atoms. The lowest BCUT2D eigenvalue weighted by atomic mass is 9.33. The smallest absolute Gasteiger partial charge is 0.254 e. The Morgan fingerprint density at radius 2 is 1.16 bits per heavy atom. The number of thiophene rings is 1. The van der Waals surface area contributed by atoms with Crippen LogP contribution in [-0.2, 0) is 21.7 Å². The highest BCUT2D eigenvalue weighted by Crippen LogP contribution is 2.52. The summed E-state index contributed by atoms with van der Waals surface area (Å²) in [6.45, 7) is 30.7. The van der Waals surface area contributed by atoms with Crippen molar-refractivity contribution in [3.63, 3.8) is 0 Å². The van der Waals surface area contributed by atoms with Gasteiger partial charge in [-0.25, -0.2) is 0 Å². The Morgan fingerprint density at radius 1 is 0.564 bits per heavy atom. The largest absolute Gasteiger partial charge is 0.311 e. The number of hydrogen-bond acceptors (Lipinski definition) is 3. The minimum absolute atomic E-state index is 0.0767. The molecular weight excluding hydrogens is 683 g/mol. The van der Waals surface area contributed by atoms with Gasteiger partial charge in [0.1, 0.15) is 0 Å². The van der Waals surface area contributed by atoms with Crippen LogP contribution in [0.1, 0.15) is 121 Å². The summed E-state index contributed by atoms with van der Waals surface area (Å²) in [6, 6.07) is 34.0. The monoisotopic (exact) mass is 740 g/mol. The highest BCUT2D eigenvalue weighted by molar-refractivity contribution is 7.26. The third-order valence-electron chi connectivity index (χ3n) is 13.3. The van der Waals surface area contributed by atoms with Crippen molar-refractivity contribution in [2.75, 3.05) is 9.80 Å². The molecule has 2 aliphatic heterocycles. The third-order valence-corrected chi connectivity index (χ3v) is 14.4. The average Bonchev–Trinajstić information content (AvgIpc) is 3.47. The van der Waals surface area contributed by atoms with E-state index in [0.29, 0.717) is 0 Å². The highest BCUT2D eigenvalue weighted by Gasteiger charge is 2.48. The summed E-state index contributed by atoms with van der Waals surface area (Å²) in [5, 5.41) is 2.75. The molecule has 0 fully saturated rings. The van der Waals surface area contributed by atoms with Crippen LogP contribution in [0.5, 0.6) is 0 Å². The van der Waals surface area contributed by atoms with Crippen molar-refractivity contribution in [3.8, 4) is 0 Å². The molecule has 0 atom stereocenters. The Morgan fingerprint density at radius 3 is 1.78 bits per heavy atom. The second kappa shape index (κ2) is 11.9. The molecule has 4 heteroatoms. The van der Waals surface area contributed by atoms with E-state index in [4.69, 9.17) is 0 Å². The van der Waals surface area contributed by atoms with Crippen LogP contribution in [0.3, 0.4) is 0 Å². The molecule has 0 bridgehead atoms. The lowest BCUT2D eigenvalue weighted by Gasteiger charge is -2.47. The van der Waals surface area contributed by atoms with Crippen molar-refractivity contribution in [2.24, 2.45) is 0 Å². The van der Waals surface area contributed by atoms with E-state index in [0.717, 1.165) is 0 Å². The maximum atomic E-state index is 2.67. The number of anilines is 6. The third kappa shape index (κ3) is 5.56. The van der Waals surface area contributed by atoms with Crippen LogP contribution in [-0.4, -0.2) is 6.71 Å². The van der Waals surface area contributed by atoms with Gasteiger partial charge in [-0.15, -0.1) is 11.3 Å². The molecule has 6 aromatic rings. The summed E-state index contributed by atoms with van der Waals surface area (Å²) in [7, 11) is 0. The quantitative estimate of drug-likeness (QED) is 0.163. The van der Waals surface area contributed by atoms with Gasteiger partial charge >= 0.3 is 0 Å². The van der Waals surface area contributed by atoms with E-state index in [9.17, 15) is 0 Å². The molecule has 1 aromatic heterocycles. The molecule has 0 N–H and O–H groups in total. The number of aryl methyl sites for hydroxylation is 3. The molecule has 0 radical (unpaired) electrons. The predicted octanol–water partition coefficient (Wildman–Crippen LogP) is 12.9. The second-order valence-electron chi connectivity index (χ2n) is 20.4. The van der Waals surface area contributed by atoms with Gasteiger partial charge < -0.3 is 9.80 Å². The topological polar surface area (TPSA) is 6.48 Å². The average molecular weight is 741 g/mol. The second-order valence-corrected chi connectivity index (χ2v) is 21.4. The summed E-state index contributed by atoms with van der Waals surface area (Å²) >= 11 is 1.96. The van der Waals surface area contributed by atoms with Crippen molar-refractivity contribution in [3.05, 3.63) is 124 Å². The predicted molar refractivity (Wildman–Crippen MR) is 243 cm³/mol. The van der Waals surface area contributed by atoms with Gasteiger partial charge in [0.15, 0.2) is 0 Å². The van der Waals surface area contributed by atoms with Crippen LogP contribution in [0.25, 0.3) is 10.1 Å². The Labute approximate surface area is 334 Å². The van der Waals surface area contributed by atoms with Gasteiger partial charge in [0.05, 0.1) is 5.00 Å². The first-order chi connectivity index (χ1) is 25.7. The molecule has 0 amide bonds. The van der Waals surface area contributed by atoms with E-state index in [1.54, 1.807) is 0 Å². The minimum atomic E-state index is 0.0767. The first-order valence-corrected chi connectivity index (χ1v) is 21.2. The van der Waals surface area contributed by atoms with Gasteiger partial charge in [0.25, 0.3) is 6.71 Å². The normalized spacial score (nSPS) is 16.9. The van der Waals surface area contributed by atoms with Crippen LogP contribution in [0.2, 0.25) is 0 Å². The zero-order chi connectivity index (χ0) is 39.1. The number of benzene rings is 5. The van der Waals surface area contributed by atoms with Gasteiger partial charge in [-0.1, -0.05) is 117 Å². The fraction of sp³-hybridized carbons (Fsp3) is 0.373. The van der Waals surface area contributed by atoms with Gasteiger partial charge in [0.2, 0.25) is 0 Å². The van der Waals surface area contributed by atoms with Gasteiger partial charge in [0, 0.05) is 33.1 Å². The van der Waals surface area contributed by atoms with E-state index in [2.05, 4.69) is 185 Å². The molecular formula is C51H57BN2S. The molecule has 0 saturated heterocycles. The number of hydrogen-bond donors (Lipinski definition) is 0. The summed E-state index contributed by atoms with van der Waals surface area (Å²) in [6.07, 6.45) is 2.38. The first kappa shape index (κ1) is 36.4. The van der Waals surface area contributed by atoms with Gasteiger partial charge in [-0.2, -0.15) is 0 Å². The maximum Gasteiger partial charge on any atom is 0.254 e. The zero-order valence-corrected chi connectivity index (χ0v) is 36.2. The minimum Gasteiger partial charge on any atom is -0.311 e. The lowest BCUT2D eigenvalue weighted by Crippen LogP contribution is -2.61. The van der Waals surface area contributed by atoms with Crippen LogP contribution in [0, 0.1) is 20.8 Å². The molecule has 9 rings (SSSR count). The SMILES string of the molecule is Cc1cc2c3c(c1)N(c1ccc(C(C)(C)C)cc1C)c1sc4ccc(C)cc4c1B3c1cc3c(cc1N2c1ccc(C(C)(C)C)cc1)C(C)(C)CCC3(C)C. The van der Waals surface area contributed by atoms with Gasteiger partial charge in [-0.3, -0.25) is 0 Å². The highest BCUT2D eigenvalue weighted by atomic mass is 32.1. The number of fused-ring (bicyclic) bond motifs is 7. The molecule has 0 unspecified atom stereocenters. The molecule has 3 aliphatic rings. The maximum absolute atomic E-state index is 2.67. The summed E-state index contributed by atoms with van der Waals surface area (Å²) in [5.41, 5.74) is 20.7. The summed E-state index contributed by atoms with van der Waals surface area (Å²) in [4.78, 5) is 5.26. The Bertz CT molecular complexity index is 2550. The zero-order valence-electron chi connectivity index (χ0n) is 35.4. The van der Waals surface area contributed by atoms with E-state index in [1.807, 2.05) is 11.3 Å².